The van der Waals surface area contributed by atoms with Crippen LogP contribution in [0, 0.1) is 10.1 Å². The van der Waals surface area contributed by atoms with Crippen molar-refractivity contribution >= 4 is 22.3 Å². The first kappa shape index (κ1) is 10.5. The Bertz CT molecular complexity index is 358. The van der Waals surface area contributed by atoms with E-state index < -0.39 is 32.8 Å². The van der Waals surface area contributed by atoms with E-state index in [1.54, 1.807) is 0 Å². The summed E-state index contributed by atoms with van der Waals surface area (Å²) < 4.78 is 24.2. The molecule has 0 aliphatic carbocycles. The largest absolute Gasteiger partial charge is 0.477 e. The van der Waals surface area contributed by atoms with E-state index in [1.165, 1.54) is 0 Å². The Hall–Kier alpha value is -1.57. The van der Waals surface area contributed by atoms with E-state index in [2.05, 4.69) is 0 Å². The number of alkyl halides is 2. The van der Waals surface area contributed by atoms with E-state index in [4.69, 9.17) is 5.11 Å². The van der Waals surface area contributed by atoms with Crippen molar-refractivity contribution in [3.8, 4) is 0 Å². The number of rotatable bonds is 3. The summed E-state index contributed by atoms with van der Waals surface area (Å²) in [5.74, 6) is -1.58. The van der Waals surface area contributed by atoms with Gasteiger partial charge in [-0.05, 0) is 6.07 Å². The Morgan fingerprint density at radius 2 is 2.21 bits per heavy atom. The van der Waals surface area contributed by atoms with Crippen molar-refractivity contribution in [3.05, 3.63) is 26.6 Å². The van der Waals surface area contributed by atoms with Gasteiger partial charge in [0.05, 0.1) is 9.80 Å². The highest BCUT2D eigenvalue weighted by atomic mass is 32.1. The molecular weight excluding hydrogens is 220 g/mol. The summed E-state index contributed by atoms with van der Waals surface area (Å²) in [6.07, 6.45) is -2.90. The maximum atomic E-state index is 12.1. The van der Waals surface area contributed by atoms with Crippen molar-refractivity contribution in [3.63, 3.8) is 0 Å². The van der Waals surface area contributed by atoms with Gasteiger partial charge in [0.25, 0.3) is 6.43 Å². The topological polar surface area (TPSA) is 80.4 Å². The van der Waals surface area contributed by atoms with Crippen LogP contribution in [0.2, 0.25) is 0 Å². The molecule has 76 valence electrons. The van der Waals surface area contributed by atoms with Crippen molar-refractivity contribution in [2.75, 3.05) is 0 Å². The number of hydrogen-bond donors (Lipinski definition) is 1. The normalized spacial score (nSPS) is 10.5. The van der Waals surface area contributed by atoms with Crippen LogP contribution in [0.5, 0.6) is 0 Å². The highest BCUT2D eigenvalue weighted by Crippen LogP contribution is 2.35. The zero-order valence-electron chi connectivity index (χ0n) is 6.44. The summed E-state index contributed by atoms with van der Waals surface area (Å²) >= 11 is 0.174. The molecule has 0 radical (unpaired) electrons. The van der Waals surface area contributed by atoms with E-state index in [-0.39, 0.29) is 11.3 Å². The van der Waals surface area contributed by atoms with Crippen molar-refractivity contribution in [2.24, 2.45) is 0 Å². The van der Waals surface area contributed by atoms with Crippen molar-refractivity contribution in [2.45, 2.75) is 6.43 Å². The number of aromatic carboxylic acids is 1. The second-order valence-electron chi connectivity index (χ2n) is 2.23. The van der Waals surface area contributed by atoms with Gasteiger partial charge in [-0.25, -0.2) is 13.6 Å². The molecule has 1 heterocycles. The highest BCUT2D eigenvalue weighted by Gasteiger charge is 2.27. The van der Waals surface area contributed by atoms with Crippen LogP contribution in [0.4, 0.5) is 13.8 Å². The molecule has 5 nitrogen and oxygen atoms in total. The van der Waals surface area contributed by atoms with E-state index >= 15 is 0 Å². The van der Waals surface area contributed by atoms with Gasteiger partial charge in [0.15, 0.2) is 0 Å². The van der Waals surface area contributed by atoms with Gasteiger partial charge in [-0.15, -0.1) is 0 Å². The molecule has 1 rings (SSSR count). The molecule has 0 saturated carbocycles. The van der Waals surface area contributed by atoms with Crippen LogP contribution in [0.15, 0.2) is 6.07 Å². The zero-order chi connectivity index (χ0) is 10.9. The average molecular weight is 223 g/mol. The number of hydrogen-bond acceptors (Lipinski definition) is 4. The van der Waals surface area contributed by atoms with Crippen LogP contribution in [0.3, 0.4) is 0 Å². The van der Waals surface area contributed by atoms with Crippen molar-refractivity contribution < 1.29 is 23.6 Å². The predicted octanol–water partition coefficient (Wildman–Crippen LogP) is 2.29. The molecule has 1 aromatic rings. The lowest BCUT2D eigenvalue weighted by molar-refractivity contribution is -0.380. The average Bonchev–Trinajstić information content (AvgIpc) is 2.47. The van der Waals surface area contributed by atoms with Crippen LogP contribution >= 0.6 is 11.3 Å². The molecule has 8 heteroatoms. The molecule has 0 atom stereocenters. The second kappa shape index (κ2) is 3.66. The molecule has 0 aliphatic rings. The molecule has 0 unspecified atom stereocenters. The third-order valence-electron chi connectivity index (χ3n) is 1.34. The molecule has 0 fully saturated rings. The monoisotopic (exact) mass is 223 g/mol. The van der Waals surface area contributed by atoms with E-state index in [0.717, 1.165) is 0 Å². The number of nitro groups is 1. The number of halogens is 2. The molecule has 0 spiro atoms. The molecular formula is C6H3F2NO4S. The zero-order valence-corrected chi connectivity index (χ0v) is 7.25. The van der Waals surface area contributed by atoms with E-state index in [0.29, 0.717) is 6.07 Å². The minimum absolute atomic E-state index is 0.174. The van der Waals surface area contributed by atoms with Crippen LogP contribution in [-0.2, 0) is 0 Å². The Morgan fingerprint density at radius 1 is 1.64 bits per heavy atom. The van der Waals surface area contributed by atoms with Gasteiger partial charge >= 0.3 is 11.0 Å². The number of carboxylic acids is 1. The van der Waals surface area contributed by atoms with Gasteiger partial charge in [-0.2, -0.15) is 0 Å². The first-order valence-electron chi connectivity index (χ1n) is 3.23. The van der Waals surface area contributed by atoms with Crippen LogP contribution in [-0.4, -0.2) is 16.0 Å². The Balaban J connectivity index is 3.26. The van der Waals surface area contributed by atoms with Gasteiger partial charge in [0, 0.05) is 0 Å². The molecule has 0 aliphatic heterocycles. The van der Waals surface area contributed by atoms with Crippen LogP contribution < -0.4 is 0 Å². The standard InChI is InChI=1S/C6H3F2NO4S/c7-4(8)3-1-2(6(10)11)5(14-3)9(12)13/h1,4H,(H,10,11). The maximum absolute atomic E-state index is 12.1. The van der Waals surface area contributed by atoms with Crippen molar-refractivity contribution in [1.29, 1.82) is 0 Å². The summed E-state index contributed by atoms with van der Waals surface area (Å²) in [6.45, 7) is 0. The third-order valence-corrected chi connectivity index (χ3v) is 2.44. The molecule has 0 aromatic carbocycles. The van der Waals surface area contributed by atoms with E-state index in [9.17, 15) is 23.7 Å². The van der Waals surface area contributed by atoms with Gasteiger partial charge in [-0.3, -0.25) is 10.1 Å². The number of thiophene rings is 1. The Morgan fingerprint density at radius 3 is 2.50 bits per heavy atom. The molecule has 1 N–H and O–H groups in total. The first-order valence-corrected chi connectivity index (χ1v) is 4.04. The summed E-state index contributed by atoms with van der Waals surface area (Å²) in [4.78, 5) is 19.1. The lowest BCUT2D eigenvalue weighted by Crippen LogP contribution is -1.98. The molecule has 0 saturated heterocycles. The van der Waals surface area contributed by atoms with Crippen LogP contribution in [0.25, 0.3) is 0 Å². The smallest absolute Gasteiger partial charge is 0.343 e. The SMILES string of the molecule is O=C(O)c1cc(C(F)F)sc1[N+](=O)[O-]. The second-order valence-corrected chi connectivity index (χ2v) is 3.29. The molecule has 1 aromatic heterocycles. The number of carboxylic acid groups (broad SMARTS) is 1. The minimum Gasteiger partial charge on any atom is -0.477 e. The quantitative estimate of drug-likeness (QED) is 0.629. The number of nitrogens with zero attached hydrogens (tertiary/aromatic N) is 1. The van der Waals surface area contributed by atoms with Gasteiger partial charge in [0.1, 0.15) is 5.56 Å². The molecule has 0 amide bonds. The van der Waals surface area contributed by atoms with Crippen molar-refractivity contribution in [1.82, 2.24) is 0 Å². The first-order chi connectivity index (χ1) is 6.43. The van der Waals surface area contributed by atoms with Gasteiger partial charge in [0.2, 0.25) is 0 Å². The highest BCUT2D eigenvalue weighted by molar-refractivity contribution is 7.15. The summed E-state index contributed by atoms with van der Waals surface area (Å²) in [6, 6.07) is 0.621. The van der Waals surface area contributed by atoms with Crippen LogP contribution in [0.1, 0.15) is 21.7 Å². The summed E-state index contributed by atoms with van der Waals surface area (Å²) in [5.41, 5.74) is -0.699. The summed E-state index contributed by atoms with van der Waals surface area (Å²) in [5, 5.41) is 18.0. The predicted molar refractivity (Wildman–Crippen MR) is 42.9 cm³/mol. The van der Waals surface area contributed by atoms with Gasteiger partial charge in [-0.1, -0.05) is 11.3 Å². The number of carbonyl (C=O) groups is 1. The Labute approximate surface area is 79.7 Å². The fourth-order valence-electron chi connectivity index (χ4n) is 0.796. The molecule has 0 bridgehead atoms. The third kappa shape index (κ3) is 1.84. The summed E-state index contributed by atoms with van der Waals surface area (Å²) in [7, 11) is 0. The molecule has 14 heavy (non-hydrogen) atoms. The van der Waals surface area contributed by atoms with E-state index in [1.807, 2.05) is 0 Å². The fraction of sp³-hybridized carbons (Fsp3) is 0.167. The Kier molecular flexibility index (Phi) is 2.75. The lowest BCUT2D eigenvalue weighted by Gasteiger charge is -1.87. The fourth-order valence-corrected chi connectivity index (χ4v) is 1.62. The lowest BCUT2D eigenvalue weighted by atomic mass is 10.3. The van der Waals surface area contributed by atoms with Gasteiger partial charge < -0.3 is 5.11 Å². The maximum Gasteiger partial charge on any atom is 0.343 e. The minimum atomic E-state index is -2.90.